The monoisotopic (exact) mass is 436 g/mol. The number of esters is 1. The van der Waals surface area contributed by atoms with Crippen LogP contribution in [0.5, 0.6) is 5.75 Å². The van der Waals surface area contributed by atoms with E-state index in [4.69, 9.17) is 14.2 Å². The van der Waals surface area contributed by atoms with Crippen LogP contribution in [0.2, 0.25) is 0 Å². The van der Waals surface area contributed by atoms with Gasteiger partial charge in [-0.05, 0) is 57.4 Å². The minimum absolute atomic E-state index is 0.0290. The largest absolute Gasteiger partial charge is 0.491 e. The van der Waals surface area contributed by atoms with Crippen LogP contribution in [0.15, 0.2) is 48.6 Å². The molecule has 0 unspecified atom stereocenters. The molecule has 0 radical (unpaired) electrons. The van der Waals surface area contributed by atoms with Crippen molar-refractivity contribution in [3.8, 4) is 5.75 Å². The molecule has 1 aliphatic rings. The lowest BCUT2D eigenvalue weighted by Crippen LogP contribution is -2.23. The van der Waals surface area contributed by atoms with Crippen molar-refractivity contribution < 1.29 is 33.6 Å². The molecule has 7 heteroatoms. The summed E-state index contributed by atoms with van der Waals surface area (Å²) in [6, 6.07) is 5.58. The molecular formula is C24H33FO6. The average Bonchev–Trinajstić information content (AvgIpc) is 3.07. The molecule has 0 spiro atoms. The van der Waals surface area contributed by atoms with Crippen LogP contribution in [-0.2, 0) is 14.3 Å². The second-order valence-corrected chi connectivity index (χ2v) is 7.88. The molecular weight excluding hydrogens is 403 g/mol. The van der Waals surface area contributed by atoms with Gasteiger partial charge in [0.25, 0.3) is 0 Å². The number of allylic oxidation sites excluding steroid dienone is 2. The smallest absolute Gasteiger partial charge is 0.306 e. The number of aliphatic hydroxyl groups excluding tert-OH is 2. The third-order valence-corrected chi connectivity index (χ3v) is 4.83. The molecule has 31 heavy (non-hydrogen) atoms. The van der Waals surface area contributed by atoms with Crippen molar-refractivity contribution in [3.05, 3.63) is 54.4 Å². The van der Waals surface area contributed by atoms with Crippen LogP contribution in [0.3, 0.4) is 0 Å². The fourth-order valence-electron chi connectivity index (χ4n) is 3.23. The maximum absolute atomic E-state index is 12.9. The molecule has 1 aliphatic heterocycles. The van der Waals surface area contributed by atoms with Gasteiger partial charge in [-0.1, -0.05) is 24.3 Å². The summed E-state index contributed by atoms with van der Waals surface area (Å²) in [5.41, 5.74) is 0. The summed E-state index contributed by atoms with van der Waals surface area (Å²) in [7, 11) is 0. The lowest BCUT2D eigenvalue weighted by atomic mass is 9.94. The van der Waals surface area contributed by atoms with E-state index in [0.717, 1.165) is 12.8 Å². The van der Waals surface area contributed by atoms with Crippen molar-refractivity contribution >= 4 is 5.97 Å². The SMILES string of the molecule is CC(C)OC(=O)CCCC=CC[C@H]1[C@@H](O)CO[C@@H]1C=C[C@@H](O)COc1ccc(F)cc1. The van der Waals surface area contributed by atoms with E-state index in [-0.39, 0.29) is 43.1 Å². The zero-order chi connectivity index (χ0) is 22.6. The fraction of sp³-hybridized carbons (Fsp3) is 0.542. The zero-order valence-corrected chi connectivity index (χ0v) is 18.2. The third-order valence-electron chi connectivity index (χ3n) is 4.83. The summed E-state index contributed by atoms with van der Waals surface area (Å²) in [4.78, 5) is 11.5. The van der Waals surface area contributed by atoms with Gasteiger partial charge in [-0.2, -0.15) is 0 Å². The number of hydrogen-bond acceptors (Lipinski definition) is 6. The average molecular weight is 437 g/mol. The molecule has 0 aliphatic carbocycles. The summed E-state index contributed by atoms with van der Waals surface area (Å²) in [6.45, 7) is 3.93. The fourth-order valence-corrected chi connectivity index (χ4v) is 3.23. The van der Waals surface area contributed by atoms with Gasteiger partial charge in [0.2, 0.25) is 0 Å². The Bertz CT molecular complexity index is 715. The van der Waals surface area contributed by atoms with Crippen molar-refractivity contribution in [1.29, 1.82) is 0 Å². The van der Waals surface area contributed by atoms with Gasteiger partial charge in [0.05, 0.1) is 24.9 Å². The Kier molecular flexibility index (Phi) is 10.7. The van der Waals surface area contributed by atoms with Crippen LogP contribution < -0.4 is 4.74 Å². The number of hydrogen-bond donors (Lipinski definition) is 2. The van der Waals surface area contributed by atoms with Crippen LogP contribution in [0, 0.1) is 11.7 Å². The Hall–Kier alpha value is -2.22. The molecule has 2 N–H and O–H groups in total. The second-order valence-electron chi connectivity index (χ2n) is 7.88. The Morgan fingerprint density at radius 1 is 1.29 bits per heavy atom. The van der Waals surface area contributed by atoms with E-state index >= 15 is 0 Å². The first-order valence-corrected chi connectivity index (χ1v) is 10.7. The first-order valence-electron chi connectivity index (χ1n) is 10.7. The topological polar surface area (TPSA) is 85.2 Å². The standard InChI is InChI=1S/C24H33FO6/c1-17(2)31-24(28)8-6-4-3-5-7-21-22(27)16-30-23(21)14-11-19(26)15-29-20-12-9-18(25)10-13-20/h3,5,9-14,17,19,21-23,26-27H,4,6-8,15-16H2,1-2H3/t19-,21+,22+,23-/m1/s1. The number of ether oxygens (including phenoxy) is 3. The van der Waals surface area contributed by atoms with Crippen LogP contribution in [0.4, 0.5) is 4.39 Å². The van der Waals surface area contributed by atoms with Gasteiger partial charge < -0.3 is 24.4 Å². The lowest BCUT2D eigenvalue weighted by molar-refractivity contribution is -0.147. The van der Waals surface area contributed by atoms with Gasteiger partial charge in [-0.25, -0.2) is 4.39 Å². The Morgan fingerprint density at radius 3 is 2.74 bits per heavy atom. The summed E-state index contributed by atoms with van der Waals surface area (Å²) in [5, 5.41) is 20.3. The van der Waals surface area contributed by atoms with Gasteiger partial charge in [-0.15, -0.1) is 0 Å². The summed E-state index contributed by atoms with van der Waals surface area (Å²) in [5.74, 6) is -0.167. The van der Waals surface area contributed by atoms with Crippen molar-refractivity contribution in [2.45, 2.75) is 63.9 Å². The molecule has 4 atom stereocenters. The minimum atomic E-state index is -0.854. The van der Waals surface area contributed by atoms with E-state index in [2.05, 4.69) is 0 Å². The number of unbranched alkanes of at least 4 members (excludes halogenated alkanes) is 1. The van der Waals surface area contributed by atoms with E-state index in [9.17, 15) is 19.4 Å². The van der Waals surface area contributed by atoms with Gasteiger partial charge in [0, 0.05) is 12.3 Å². The number of rotatable bonds is 12. The highest BCUT2D eigenvalue weighted by molar-refractivity contribution is 5.69. The van der Waals surface area contributed by atoms with Gasteiger partial charge in [0.1, 0.15) is 24.3 Å². The van der Waals surface area contributed by atoms with Gasteiger partial charge in [0.15, 0.2) is 0 Å². The minimum Gasteiger partial charge on any atom is -0.491 e. The highest BCUT2D eigenvalue weighted by Crippen LogP contribution is 2.26. The third kappa shape index (κ3) is 9.63. The molecule has 1 aromatic rings. The van der Waals surface area contributed by atoms with Crippen LogP contribution in [0.25, 0.3) is 0 Å². The molecule has 0 amide bonds. The quantitative estimate of drug-likeness (QED) is 0.296. The molecule has 172 valence electrons. The van der Waals surface area contributed by atoms with E-state index in [0.29, 0.717) is 18.6 Å². The lowest BCUT2D eigenvalue weighted by Gasteiger charge is -2.16. The molecule has 1 fully saturated rings. The van der Waals surface area contributed by atoms with Crippen molar-refractivity contribution in [3.63, 3.8) is 0 Å². The predicted octanol–water partition coefficient (Wildman–Crippen LogP) is 3.57. The zero-order valence-electron chi connectivity index (χ0n) is 18.2. The van der Waals surface area contributed by atoms with E-state index in [1.54, 1.807) is 12.2 Å². The highest BCUT2D eigenvalue weighted by Gasteiger charge is 2.33. The number of halogens is 1. The Morgan fingerprint density at radius 2 is 2.03 bits per heavy atom. The van der Waals surface area contributed by atoms with E-state index < -0.39 is 12.2 Å². The maximum atomic E-state index is 12.9. The summed E-state index contributed by atoms with van der Waals surface area (Å²) >= 11 is 0. The number of benzene rings is 1. The molecule has 6 nitrogen and oxygen atoms in total. The maximum Gasteiger partial charge on any atom is 0.306 e. The van der Waals surface area contributed by atoms with Crippen LogP contribution >= 0.6 is 0 Å². The first-order chi connectivity index (χ1) is 14.8. The van der Waals surface area contributed by atoms with Crippen LogP contribution in [-0.4, -0.2) is 53.8 Å². The molecule has 1 saturated heterocycles. The first kappa shape index (κ1) is 25.0. The summed E-state index contributed by atoms with van der Waals surface area (Å²) < 4.78 is 29.0. The number of carbonyl (C=O) groups is 1. The Labute approximate surface area is 183 Å². The normalized spacial score (nSPS) is 22.5. The van der Waals surface area contributed by atoms with Crippen molar-refractivity contribution in [1.82, 2.24) is 0 Å². The molecule has 0 saturated carbocycles. The number of carbonyl (C=O) groups excluding carboxylic acids is 1. The van der Waals surface area contributed by atoms with Gasteiger partial charge >= 0.3 is 5.97 Å². The molecule has 1 aromatic carbocycles. The van der Waals surface area contributed by atoms with E-state index in [1.807, 2.05) is 26.0 Å². The summed E-state index contributed by atoms with van der Waals surface area (Å²) in [6.07, 6.45) is 8.00. The molecule has 0 bridgehead atoms. The molecule has 2 rings (SSSR count). The molecule has 1 heterocycles. The van der Waals surface area contributed by atoms with Crippen molar-refractivity contribution in [2.75, 3.05) is 13.2 Å². The second kappa shape index (κ2) is 13.2. The molecule has 0 aromatic heterocycles. The number of aliphatic hydroxyl groups is 2. The predicted molar refractivity (Wildman–Crippen MR) is 115 cm³/mol. The Balaban J connectivity index is 1.71. The van der Waals surface area contributed by atoms with Gasteiger partial charge in [-0.3, -0.25) is 4.79 Å². The van der Waals surface area contributed by atoms with Crippen LogP contribution in [0.1, 0.15) is 39.5 Å². The van der Waals surface area contributed by atoms with Crippen molar-refractivity contribution in [2.24, 2.45) is 5.92 Å². The highest BCUT2D eigenvalue weighted by atomic mass is 19.1. The van der Waals surface area contributed by atoms with E-state index in [1.165, 1.54) is 24.3 Å².